The van der Waals surface area contributed by atoms with Gasteiger partial charge in [-0.2, -0.15) is 0 Å². The minimum Gasteiger partial charge on any atom is -0.343 e. The Hall–Kier alpha value is -1.38. The highest BCUT2D eigenvalue weighted by Gasteiger charge is 2.22. The second kappa shape index (κ2) is 5.51. The Kier molecular flexibility index (Phi) is 4.00. The van der Waals surface area contributed by atoms with Gasteiger partial charge in [0.25, 0.3) is 0 Å². The zero-order valence-electron chi connectivity index (χ0n) is 11.1. The summed E-state index contributed by atoms with van der Waals surface area (Å²) in [5, 5.41) is 0. The van der Waals surface area contributed by atoms with Crippen LogP contribution in [0.4, 0.5) is 4.39 Å². The van der Waals surface area contributed by atoms with Crippen molar-refractivity contribution in [2.24, 2.45) is 0 Å². The van der Waals surface area contributed by atoms with Crippen molar-refractivity contribution in [2.45, 2.75) is 39.0 Å². The van der Waals surface area contributed by atoms with E-state index in [1.54, 1.807) is 13.0 Å². The van der Waals surface area contributed by atoms with Crippen molar-refractivity contribution in [1.82, 2.24) is 4.90 Å². The number of hydrogen-bond acceptors (Lipinski definition) is 1. The molecule has 1 fully saturated rings. The summed E-state index contributed by atoms with van der Waals surface area (Å²) in [6.07, 6.45) is 2.60. The fourth-order valence-corrected chi connectivity index (χ4v) is 2.63. The molecular weight excluding hydrogens is 229 g/mol. The van der Waals surface area contributed by atoms with Crippen molar-refractivity contribution in [3.05, 3.63) is 35.1 Å². The number of amides is 1. The van der Waals surface area contributed by atoms with Gasteiger partial charge in [-0.05, 0) is 42.4 Å². The van der Waals surface area contributed by atoms with Gasteiger partial charge in [0.05, 0.1) is 0 Å². The molecule has 1 aliphatic rings. The molecule has 98 valence electrons. The molecule has 0 unspecified atom stereocenters. The molecule has 1 amide bonds. The van der Waals surface area contributed by atoms with Crippen molar-refractivity contribution < 1.29 is 9.18 Å². The van der Waals surface area contributed by atoms with Crippen LogP contribution >= 0.6 is 0 Å². The van der Waals surface area contributed by atoms with Crippen molar-refractivity contribution >= 4 is 5.91 Å². The van der Waals surface area contributed by atoms with Crippen LogP contribution in [0.25, 0.3) is 0 Å². The summed E-state index contributed by atoms with van der Waals surface area (Å²) >= 11 is 0. The van der Waals surface area contributed by atoms with Gasteiger partial charge < -0.3 is 4.90 Å². The highest BCUT2D eigenvalue weighted by Crippen LogP contribution is 2.29. The summed E-state index contributed by atoms with van der Waals surface area (Å²) < 4.78 is 13.7. The Labute approximate surface area is 108 Å². The molecule has 1 aromatic rings. The second-order valence-electron chi connectivity index (χ2n) is 4.98. The molecule has 2 rings (SSSR count). The average Bonchev–Trinajstić information content (AvgIpc) is 2.38. The lowest BCUT2D eigenvalue weighted by Crippen LogP contribution is -2.36. The van der Waals surface area contributed by atoms with Gasteiger partial charge in [-0.15, -0.1) is 0 Å². The molecule has 18 heavy (non-hydrogen) atoms. The van der Waals surface area contributed by atoms with E-state index in [4.69, 9.17) is 0 Å². The molecule has 1 saturated heterocycles. The van der Waals surface area contributed by atoms with Gasteiger partial charge in [-0.25, -0.2) is 4.39 Å². The third-order valence-corrected chi connectivity index (χ3v) is 3.87. The fraction of sp³-hybridized carbons (Fsp3) is 0.533. The van der Waals surface area contributed by atoms with Crippen LogP contribution in [0.5, 0.6) is 0 Å². The van der Waals surface area contributed by atoms with Crippen LogP contribution in [0.1, 0.15) is 43.7 Å². The predicted molar refractivity (Wildman–Crippen MR) is 70.0 cm³/mol. The SMILES string of the molecule is CCc1ccc(C2CCN(C(C)=O)CC2)cc1F. The van der Waals surface area contributed by atoms with Gasteiger partial charge >= 0.3 is 0 Å². The number of halogens is 1. The Morgan fingerprint density at radius 2 is 2.06 bits per heavy atom. The Morgan fingerprint density at radius 1 is 1.39 bits per heavy atom. The Bertz CT molecular complexity index is 436. The minimum atomic E-state index is -0.0935. The van der Waals surface area contributed by atoms with Crippen molar-refractivity contribution in [2.75, 3.05) is 13.1 Å². The van der Waals surface area contributed by atoms with E-state index >= 15 is 0 Å². The van der Waals surface area contributed by atoms with Crippen molar-refractivity contribution in [3.63, 3.8) is 0 Å². The van der Waals surface area contributed by atoms with E-state index in [1.807, 2.05) is 24.0 Å². The largest absolute Gasteiger partial charge is 0.343 e. The third kappa shape index (κ3) is 2.71. The molecule has 3 heteroatoms. The third-order valence-electron chi connectivity index (χ3n) is 3.87. The number of hydrogen-bond donors (Lipinski definition) is 0. The summed E-state index contributed by atoms with van der Waals surface area (Å²) in [5.74, 6) is 0.436. The topological polar surface area (TPSA) is 20.3 Å². The first kappa shape index (κ1) is 13.1. The van der Waals surface area contributed by atoms with Crippen LogP contribution in [0.3, 0.4) is 0 Å². The molecule has 2 nitrogen and oxygen atoms in total. The first-order valence-corrected chi connectivity index (χ1v) is 6.65. The van der Waals surface area contributed by atoms with Crippen molar-refractivity contribution in [1.29, 1.82) is 0 Å². The van der Waals surface area contributed by atoms with E-state index in [0.717, 1.165) is 43.5 Å². The first-order valence-electron chi connectivity index (χ1n) is 6.65. The number of piperidine rings is 1. The predicted octanol–water partition coefficient (Wildman–Crippen LogP) is 3.11. The Morgan fingerprint density at radius 3 is 2.56 bits per heavy atom. The molecule has 0 atom stereocenters. The number of rotatable bonds is 2. The van der Waals surface area contributed by atoms with E-state index in [9.17, 15) is 9.18 Å². The highest BCUT2D eigenvalue weighted by molar-refractivity contribution is 5.73. The monoisotopic (exact) mass is 249 g/mol. The maximum Gasteiger partial charge on any atom is 0.219 e. The molecular formula is C15H20FNO. The summed E-state index contributed by atoms with van der Waals surface area (Å²) in [7, 11) is 0. The molecule has 1 aliphatic heterocycles. The summed E-state index contributed by atoms with van der Waals surface area (Å²) in [5.41, 5.74) is 1.85. The standard InChI is InChI=1S/C15H20FNO/c1-3-12-4-5-14(10-15(12)16)13-6-8-17(9-7-13)11(2)18/h4-5,10,13H,3,6-9H2,1-2H3. The van der Waals surface area contributed by atoms with Gasteiger partial charge in [0.2, 0.25) is 5.91 Å². The molecule has 0 bridgehead atoms. The van der Waals surface area contributed by atoms with Crippen LogP contribution < -0.4 is 0 Å². The molecule has 0 aromatic heterocycles. The van der Waals surface area contributed by atoms with Gasteiger partial charge in [-0.3, -0.25) is 4.79 Å². The number of likely N-dealkylation sites (tertiary alicyclic amines) is 1. The fourth-order valence-electron chi connectivity index (χ4n) is 2.63. The average molecular weight is 249 g/mol. The second-order valence-corrected chi connectivity index (χ2v) is 4.98. The highest BCUT2D eigenvalue weighted by atomic mass is 19.1. The Balaban J connectivity index is 2.05. The molecule has 0 N–H and O–H groups in total. The normalized spacial score (nSPS) is 16.9. The van der Waals surface area contributed by atoms with Crippen LogP contribution in [-0.4, -0.2) is 23.9 Å². The maximum atomic E-state index is 13.7. The first-order chi connectivity index (χ1) is 8.61. The van der Waals surface area contributed by atoms with E-state index < -0.39 is 0 Å². The summed E-state index contributed by atoms with van der Waals surface area (Å²) in [6.45, 7) is 5.15. The number of carbonyl (C=O) groups excluding carboxylic acids is 1. The summed E-state index contributed by atoms with van der Waals surface area (Å²) in [4.78, 5) is 13.1. The number of benzene rings is 1. The zero-order valence-corrected chi connectivity index (χ0v) is 11.1. The molecule has 0 aliphatic carbocycles. The van der Waals surface area contributed by atoms with Crippen molar-refractivity contribution in [3.8, 4) is 0 Å². The lowest BCUT2D eigenvalue weighted by Gasteiger charge is -2.31. The van der Waals surface area contributed by atoms with Gasteiger partial charge in [-0.1, -0.05) is 19.1 Å². The van der Waals surface area contributed by atoms with Gasteiger partial charge in [0, 0.05) is 20.0 Å². The smallest absolute Gasteiger partial charge is 0.219 e. The quantitative estimate of drug-likeness (QED) is 0.788. The molecule has 1 aromatic carbocycles. The molecule has 0 spiro atoms. The number of aryl methyl sites for hydroxylation is 1. The summed E-state index contributed by atoms with van der Waals surface area (Å²) in [6, 6.07) is 5.60. The van der Waals surface area contributed by atoms with E-state index in [-0.39, 0.29) is 11.7 Å². The minimum absolute atomic E-state index is 0.0935. The van der Waals surface area contributed by atoms with Crippen LogP contribution in [0.2, 0.25) is 0 Å². The van der Waals surface area contributed by atoms with E-state index in [0.29, 0.717) is 5.92 Å². The van der Waals surface area contributed by atoms with Gasteiger partial charge in [0.15, 0.2) is 0 Å². The van der Waals surface area contributed by atoms with Crippen LogP contribution in [-0.2, 0) is 11.2 Å². The van der Waals surface area contributed by atoms with E-state index in [1.165, 1.54) is 0 Å². The van der Waals surface area contributed by atoms with Gasteiger partial charge in [0.1, 0.15) is 5.82 Å². The number of carbonyl (C=O) groups is 1. The maximum absolute atomic E-state index is 13.7. The molecule has 0 saturated carbocycles. The lowest BCUT2D eigenvalue weighted by atomic mass is 9.88. The van der Waals surface area contributed by atoms with Crippen LogP contribution in [0, 0.1) is 5.82 Å². The zero-order chi connectivity index (χ0) is 13.1. The van der Waals surface area contributed by atoms with Crippen LogP contribution in [0.15, 0.2) is 18.2 Å². The molecule has 1 heterocycles. The number of nitrogens with zero attached hydrogens (tertiary/aromatic N) is 1. The van der Waals surface area contributed by atoms with E-state index in [2.05, 4.69) is 0 Å². The molecule has 0 radical (unpaired) electrons. The lowest BCUT2D eigenvalue weighted by molar-refractivity contribution is -0.129.